The fourth-order valence-electron chi connectivity index (χ4n) is 2.64. The average molecular weight is 329 g/mol. The lowest BCUT2D eigenvalue weighted by atomic mass is 9.87. The van der Waals surface area contributed by atoms with Crippen molar-refractivity contribution in [3.8, 4) is 5.75 Å². The second kappa shape index (κ2) is 6.71. The number of thiol groups is 2. The number of hydrogen-bond acceptors (Lipinski definition) is 2. The molecule has 0 radical (unpaired) electrons. The Bertz CT molecular complexity index is 506. The van der Waals surface area contributed by atoms with Gasteiger partial charge in [0.15, 0.2) is 0 Å². The molecular weight excluding hydrogens is 304 g/mol. The zero-order valence-electron chi connectivity index (χ0n) is 12.5. The second-order valence-corrected chi connectivity index (χ2v) is 9.32. The van der Waals surface area contributed by atoms with Crippen LogP contribution in [0.4, 0.5) is 0 Å². The third kappa shape index (κ3) is 3.18. The predicted molar refractivity (Wildman–Crippen MR) is 98.9 cm³/mol. The van der Waals surface area contributed by atoms with Crippen molar-refractivity contribution < 1.29 is 5.11 Å². The Kier molecular flexibility index (Phi) is 5.43. The molecule has 2 atom stereocenters. The molecule has 1 aliphatic heterocycles. The first-order valence-electron chi connectivity index (χ1n) is 7.14. The fourth-order valence-corrected chi connectivity index (χ4v) is 6.90. The Hall–Kier alpha value is -0.190. The molecule has 1 aromatic rings. The van der Waals surface area contributed by atoms with Gasteiger partial charge in [0.05, 0.1) is 0 Å². The number of aromatic hydroxyl groups is 1. The topological polar surface area (TPSA) is 20.2 Å². The van der Waals surface area contributed by atoms with Crippen molar-refractivity contribution in [3.05, 3.63) is 28.8 Å². The molecule has 0 aliphatic carbocycles. The smallest absolute Gasteiger partial charge is 0.122 e. The van der Waals surface area contributed by atoms with Crippen LogP contribution in [0.1, 0.15) is 62.1 Å². The number of benzene rings is 1. The van der Waals surface area contributed by atoms with Crippen molar-refractivity contribution >= 4 is 38.2 Å². The monoisotopic (exact) mass is 328 g/mol. The number of phenolic OH excluding ortho intramolecular Hbond substituents is 1. The third-order valence-electron chi connectivity index (χ3n) is 3.91. The molecule has 0 spiro atoms. The van der Waals surface area contributed by atoms with E-state index in [0.717, 1.165) is 11.1 Å². The van der Waals surface area contributed by atoms with Gasteiger partial charge < -0.3 is 5.11 Å². The van der Waals surface area contributed by atoms with Crippen LogP contribution in [0.5, 0.6) is 5.75 Å². The first-order chi connectivity index (χ1) is 9.45. The van der Waals surface area contributed by atoms with Gasteiger partial charge in [-0.15, -0.1) is 0 Å². The highest BCUT2D eigenvalue weighted by molar-refractivity contribution is 8.27. The molecule has 1 aliphatic rings. The molecule has 1 nitrogen and oxygen atoms in total. The maximum Gasteiger partial charge on any atom is 0.122 e. The molecule has 2 rings (SSSR count). The third-order valence-corrected chi connectivity index (χ3v) is 7.68. The van der Waals surface area contributed by atoms with Crippen LogP contribution < -0.4 is 0 Å². The molecule has 0 saturated heterocycles. The highest BCUT2D eigenvalue weighted by Gasteiger charge is 2.25. The van der Waals surface area contributed by atoms with Crippen molar-refractivity contribution in [3.63, 3.8) is 0 Å². The van der Waals surface area contributed by atoms with Crippen LogP contribution in [-0.2, 0) is 20.6 Å². The number of phenols is 1. The van der Waals surface area contributed by atoms with E-state index in [1.54, 1.807) is 0 Å². The van der Waals surface area contributed by atoms with E-state index in [9.17, 15) is 5.11 Å². The molecule has 1 N–H and O–H groups in total. The number of hydrogen-bond donors (Lipinski definition) is 3. The normalized spacial score (nSPS) is 22.7. The summed E-state index contributed by atoms with van der Waals surface area (Å²) in [4.78, 5) is 0. The van der Waals surface area contributed by atoms with Gasteiger partial charge >= 0.3 is 0 Å². The van der Waals surface area contributed by atoms with E-state index < -0.39 is 0 Å². The molecule has 2 unspecified atom stereocenters. The van der Waals surface area contributed by atoms with E-state index in [-0.39, 0.29) is 0 Å². The Labute approximate surface area is 134 Å². The Morgan fingerprint density at radius 2 is 1.75 bits per heavy atom. The molecule has 0 fully saturated rings. The summed E-state index contributed by atoms with van der Waals surface area (Å²) in [6.45, 7) is 8.57. The first kappa shape index (κ1) is 16.2. The van der Waals surface area contributed by atoms with Gasteiger partial charge in [-0.2, -0.15) is 20.6 Å². The molecule has 20 heavy (non-hydrogen) atoms. The zero-order valence-corrected chi connectivity index (χ0v) is 15.1. The van der Waals surface area contributed by atoms with Crippen LogP contribution in [0.3, 0.4) is 0 Å². The van der Waals surface area contributed by atoms with Gasteiger partial charge in [0, 0.05) is 11.2 Å². The summed E-state index contributed by atoms with van der Waals surface area (Å²) in [7, 11) is 2.91. The maximum atomic E-state index is 10.5. The minimum absolute atomic E-state index is 0.342. The average Bonchev–Trinajstić information content (AvgIpc) is 2.86. The predicted octanol–water partition coefficient (Wildman–Crippen LogP) is 3.65. The van der Waals surface area contributed by atoms with E-state index in [1.807, 2.05) is 5.37 Å². The number of thiocarbonyl (C=S) groups is 1. The minimum atomic E-state index is 0.342. The van der Waals surface area contributed by atoms with Crippen molar-refractivity contribution in [2.45, 2.75) is 50.7 Å². The molecule has 4 heteroatoms. The van der Waals surface area contributed by atoms with Gasteiger partial charge in [-0.3, -0.25) is 0 Å². The van der Waals surface area contributed by atoms with Crippen molar-refractivity contribution in [2.24, 2.45) is 0 Å². The molecule has 112 valence electrons. The first-order valence-corrected chi connectivity index (χ1v) is 10.4. The quantitative estimate of drug-likeness (QED) is 0.579. The summed E-state index contributed by atoms with van der Waals surface area (Å²) < 4.78 is 0. The highest BCUT2D eigenvalue weighted by Crippen LogP contribution is 2.38. The molecular formula is C16H24OS3. The molecule has 0 aromatic heterocycles. The van der Waals surface area contributed by atoms with Gasteiger partial charge in [0.1, 0.15) is 5.75 Å². The van der Waals surface area contributed by atoms with E-state index in [1.165, 1.54) is 32.0 Å². The Morgan fingerprint density at radius 1 is 1.20 bits per heavy atom. The van der Waals surface area contributed by atoms with E-state index in [0.29, 0.717) is 28.8 Å². The largest absolute Gasteiger partial charge is 0.507 e. The summed E-state index contributed by atoms with van der Waals surface area (Å²) in [6, 6.07) is 4.41. The highest BCUT2D eigenvalue weighted by atomic mass is 32.8. The van der Waals surface area contributed by atoms with Gasteiger partial charge in [-0.25, -0.2) is 0 Å². The van der Waals surface area contributed by atoms with Crippen molar-refractivity contribution in [1.82, 2.24) is 0 Å². The lowest BCUT2D eigenvalue weighted by Gasteiger charge is -2.22. The minimum Gasteiger partial charge on any atom is -0.507 e. The van der Waals surface area contributed by atoms with Gasteiger partial charge in [-0.1, -0.05) is 52.0 Å². The lowest BCUT2D eigenvalue weighted by molar-refractivity contribution is 0.454. The molecule has 0 bridgehead atoms. The second-order valence-electron chi connectivity index (χ2n) is 6.03. The van der Waals surface area contributed by atoms with Gasteiger partial charge in [0.2, 0.25) is 0 Å². The maximum absolute atomic E-state index is 10.5. The van der Waals surface area contributed by atoms with Crippen molar-refractivity contribution in [2.75, 3.05) is 5.75 Å². The zero-order chi connectivity index (χ0) is 14.9. The molecule has 1 aromatic carbocycles. The molecule has 1 heterocycles. The van der Waals surface area contributed by atoms with E-state index in [4.69, 9.17) is 12.2 Å². The van der Waals surface area contributed by atoms with Crippen LogP contribution >= 0.6 is 12.2 Å². The summed E-state index contributed by atoms with van der Waals surface area (Å²) in [5.74, 6) is 2.88. The Balaban J connectivity index is 2.51. The fraction of sp³-hybridized carbons (Fsp3) is 0.562. The SMILES string of the molecule is CC(C)c1cc(C2C[SH]=[SH]C2C=S)cc(C(C)C)c1O. The Morgan fingerprint density at radius 3 is 2.20 bits per heavy atom. The molecule has 0 amide bonds. The number of rotatable bonds is 4. The van der Waals surface area contributed by atoms with Crippen LogP contribution in [0.15, 0.2) is 12.1 Å². The summed E-state index contributed by atoms with van der Waals surface area (Å²) in [5.41, 5.74) is 3.52. The van der Waals surface area contributed by atoms with Gasteiger partial charge in [-0.05, 0) is 39.6 Å². The van der Waals surface area contributed by atoms with Crippen LogP contribution in [-0.4, -0.2) is 21.5 Å². The van der Waals surface area contributed by atoms with Gasteiger partial charge in [0.25, 0.3) is 0 Å². The van der Waals surface area contributed by atoms with Crippen molar-refractivity contribution in [1.29, 1.82) is 0 Å². The summed E-state index contributed by atoms with van der Waals surface area (Å²) in [5, 5.41) is 12.9. The summed E-state index contributed by atoms with van der Waals surface area (Å²) in [6.07, 6.45) is 0. The van der Waals surface area contributed by atoms with Crippen LogP contribution in [0, 0.1) is 0 Å². The van der Waals surface area contributed by atoms with Crippen LogP contribution in [0.25, 0.3) is 0 Å². The van der Waals surface area contributed by atoms with E-state index >= 15 is 0 Å². The summed E-state index contributed by atoms with van der Waals surface area (Å²) >= 11 is 5.20. The van der Waals surface area contributed by atoms with E-state index in [2.05, 4.69) is 39.8 Å². The lowest BCUT2D eigenvalue weighted by Crippen LogP contribution is -2.17. The standard InChI is InChI=1S/C16H24OS3/c1-9(2)12-5-11(6-13(10(3)4)16(12)17)14-8-19-20-15(14)7-18/h5-7,9-10,14-15,17,19-20H,8H2,1-4H3. The molecule has 0 saturated carbocycles. The van der Waals surface area contributed by atoms with Crippen LogP contribution in [0.2, 0.25) is 0 Å².